The molecule has 0 radical (unpaired) electrons. The molecule has 2 aromatic rings. The second-order valence-electron chi connectivity index (χ2n) is 4.15. The first-order chi connectivity index (χ1) is 9.09. The van der Waals surface area contributed by atoms with E-state index in [1.165, 1.54) is 6.07 Å². The minimum Gasteiger partial charge on any atom is -0.380 e. The zero-order valence-electron chi connectivity index (χ0n) is 10.4. The Balaban J connectivity index is 2.19. The molecule has 4 nitrogen and oxygen atoms in total. The summed E-state index contributed by atoms with van der Waals surface area (Å²) >= 11 is 6.03. The predicted octanol–water partition coefficient (Wildman–Crippen LogP) is 4.17. The molecule has 0 fully saturated rings. The molecule has 0 spiro atoms. The molecule has 19 heavy (non-hydrogen) atoms. The standard InChI is InChI=1S/C14H13ClN2O2/c1-10-12(15)6-4-7-13(10)16-9-11-5-2-3-8-14(11)17(18)19/h2-8,16H,9H2,1H3. The molecule has 0 atom stereocenters. The molecule has 0 aliphatic rings. The van der Waals surface area contributed by atoms with Crippen molar-refractivity contribution in [3.63, 3.8) is 0 Å². The molecule has 2 aromatic carbocycles. The lowest BCUT2D eigenvalue weighted by atomic mass is 10.1. The zero-order valence-corrected chi connectivity index (χ0v) is 11.1. The van der Waals surface area contributed by atoms with Crippen LogP contribution in [-0.4, -0.2) is 4.92 Å². The van der Waals surface area contributed by atoms with Gasteiger partial charge >= 0.3 is 0 Å². The van der Waals surface area contributed by atoms with Gasteiger partial charge in [-0.3, -0.25) is 10.1 Å². The van der Waals surface area contributed by atoms with Crippen molar-refractivity contribution in [2.24, 2.45) is 0 Å². The lowest BCUT2D eigenvalue weighted by molar-refractivity contribution is -0.385. The first-order valence-electron chi connectivity index (χ1n) is 5.81. The SMILES string of the molecule is Cc1c(Cl)cccc1NCc1ccccc1[N+](=O)[O-]. The maximum atomic E-state index is 10.9. The van der Waals surface area contributed by atoms with Gasteiger partial charge in [0.25, 0.3) is 5.69 Å². The van der Waals surface area contributed by atoms with E-state index in [1.54, 1.807) is 18.2 Å². The molecule has 0 aliphatic heterocycles. The van der Waals surface area contributed by atoms with Gasteiger partial charge in [-0.05, 0) is 24.6 Å². The number of hydrogen-bond acceptors (Lipinski definition) is 3. The van der Waals surface area contributed by atoms with Crippen LogP contribution in [0.5, 0.6) is 0 Å². The molecular weight excluding hydrogens is 264 g/mol. The average molecular weight is 277 g/mol. The van der Waals surface area contributed by atoms with Crippen LogP contribution in [0.4, 0.5) is 11.4 Å². The molecule has 0 unspecified atom stereocenters. The third-order valence-electron chi connectivity index (χ3n) is 2.93. The van der Waals surface area contributed by atoms with Gasteiger partial charge in [-0.2, -0.15) is 0 Å². The molecule has 98 valence electrons. The first-order valence-corrected chi connectivity index (χ1v) is 6.18. The van der Waals surface area contributed by atoms with Gasteiger partial charge in [0.1, 0.15) is 0 Å². The normalized spacial score (nSPS) is 10.2. The van der Waals surface area contributed by atoms with E-state index in [-0.39, 0.29) is 10.6 Å². The second-order valence-corrected chi connectivity index (χ2v) is 4.56. The van der Waals surface area contributed by atoms with Gasteiger partial charge < -0.3 is 5.32 Å². The Morgan fingerprint density at radius 2 is 1.95 bits per heavy atom. The molecule has 0 saturated carbocycles. The van der Waals surface area contributed by atoms with Crippen LogP contribution in [0, 0.1) is 17.0 Å². The van der Waals surface area contributed by atoms with Crippen LogP contribution >= 0.6 is 11.6 Å². The number of benzene rings is 2. The highest BCUT2D eigenvalue weighted by atomic mass is 35.5. The lowest BCUT2D eigenvalue weighted by Gasteiger charge is -2.10. The van der Waals surface area contributed by atoms with Gasteiger partial charge in [-0.1, -0.05) is 35.9 Å². The van der Waals surface area contributed by atoms with Gasteiger partial charge in [0.2, 0.25) is 0 Å². The average Bonchev–Trinajstić information content (AvgIpc) is 2.40. The molecule has 0 saturated heterocycles. The number of nitro benzene ring substituents is 1. The molecule has 2 rings (SSSR count). The third kappa shape index (κ3) is 3.03. The summed E-state index contributed by atoms with van der Waals surface area (Å²) in [6.45, 7) is 2.29. The number of nitro groups is 1. The van der Waals surface area contributed by atoms with Crippen molar-refractivity contribution in [3.8, 4) is 0 Å². The van der Waals surface area contributed by atoms with Gasteiger partial charge in [0, 0.05) is 28.9 Å². The quantitative estimate of drug-likeness (QED) is 0.673. The van der Waals surface area contributed by atoms with Crippen LogP contribution in [0.3, 0.4) is 0 Å². The highest BCUT2D eigenvalue weighted by molar-refractivity contribution is 6.31. The number of halogens is 1. The van der Waals surface area contributed by atoms with E-state index in [0.29, 0.717) is 17.1 Å². The molecule has 0 aromatic heterocycles. The second kappa shape index (κ2) is 5.71. The Labute approximate surface area is 116 Å². The van der Waals surface area contributed by atoms with Gasteiger partial charge in [-0.25, -0.2) is 0 Å². The Hall–Kier alpha value is -2.07. The van der Waals surface area contributed by atoms with Crippen LogP contribution in [0.2, 0.25) is 5.02 Å². The molecule has 0 bridgehead atoms. The van der Waals surface area contributed by atoms with Crippen LogP contribution in [0.1, 0.15) is 11.1 Å². The summed E-state index contributed by atoms with van der Waals surface area (Å²) in [7, 11) is 0. The molecular formula is C14H13ClN2O2. The van der Waals surface area contributed by atoms with Crippen molar-refractivity contribution in [1.29, 1.82) is 0 Å². The molecule has 0 heterocycles. The van der Waals surface area contributed by atoms with Crippen molar-refractivity contribution in [3.05, 3.63) is 68.7 Å². The van der Waals surface area contributed by atoms with Crippen molar-refractivity contribution >= 4 is 23.0 Å². The Bertz CT molecular complexity index is 614. The highest BCUT2D eigenvalue weighted by Crippen LogP contribution is 2.25. The summed E-state index contributed by atoms with van der Waals surface area (Å²) in [5, 5.41) is 14.8. The van der Waals surface area contributed by atoms with Crippen LogP contribution in [-0.2, 0) is 6.54 Å². The van der Waals surface area contributed by atoms with E-state index in [0.717, 1.165) is 11.3 Å². The van der Waals surface area contributed by atoms with E-state index in [9.17, 15) is 10.1 Å². The van der Waals surface area contributed by atoms with Gasteiger partial charge in [0.05, 0.1) is 4.92 Å². The molecule has 5 heteroatoms. The highest BCUT2D eigenvalue weighted by Gasteiger charge is 2.12. The Morgan fingerprint density at radius 3 is 2.68 bits per heavy atom. The van der Waals surface area contributed by atoms with Gasteiger partial charge in [-0.15, -0.1) is 0 Å². The molecule has 1 N–H and O–H groups in total. The predicted molar refractivity (Wildman–Crippen MR) is 76.6 cm³/mol. The van der Waals surface area contributed by atoms with Crippen molar-refractivity contribution in [2.45, 2.75) is 13.5 Å². The van der Waals surface area contributed by atoms with Crippen LogP contribution in [0.25, 0.3) is 0 Å². The summed E-state index contributed by atoms with van der Waals surface area (Å²) in [6, 6.07) is 12.2. The minimum atomic E-state index is -0.373. The smallest absolute Gasteiger partial charge is 0.274 e. The maximum Gasteiger partial charge on any atom is 0.274 e. The largest absolute Gasteiger partial charge is 0.380 e. The van der Waals surface area contributed by atoms with E-state index < -0.39 is 0 Å². The molecule has 0 amide bonds. The summed E-state index contributed by atoms with van der Waals surface area (Å²) in [6.07, 6.45) is 0. The Morgan fingerprint density at radius 1 is 1.21 bits per heavy atom. The van der Waals surface area contributed by atoms with E-state index >= 15 is 0 Å². The maximum absolute atomic E-state index is 10.9. The fraction of sp³-hybridized carbons (Fsp3) is 0.143. The number of nitrogens with one attached hydrogen (secondary N) is 1. The lowest BCUT2D eigenvalue weighted by Crippen LogP contribution is -2.04. The first kappa shape index (κ1) is 13.4. The number of nitrogens with zero attached hydrogens (tertiary/aromatic N) is 1. The van der Waals surface area contributed by atoms with Crippen LogP contribution < -0.4 is 5.32 Å². The number of para-hydroxylation sites is 1. The molecule has 0 aliphatic carbocycles. The summed E-state index contributed by atoms with van der Waals surface area (Å²) in [5.74, 6) is 0. The number of anilines is 1. The fourth-order valence-electron chi connectivity index (χ4n) is 1.83. The number of rotatable bonds is 4. The topological polar surface area (TPSA) is 55.2 Å². The van der Waals surface area contributed by atoms with E-state index in [4.69, 9.17) is 11.6 Å². The monoisotopic (exact) mass is 276 g/mol. The zero-order chi connectivity index (χ0) is 13.8. The fourth-order valence-corrected chi connectivity index (χ4v) is 2.00. The summed E-state index contributed by atoms with van der Waals surface area (Å²) < 4.78 is 0. The number of hydrogen-bond donors (Lipinski definition) is 1. The van der Waals surface area contributed by atoms with Crippen LogP contribution in [0.15, 0.2) is 42.5 Å². The van der Waals surface area contributed by atoms with Crippen molar-refractivity contribution in [2.75, 3.05) is 5.32 Å². The minimum absolute atomic E-state index is 0.120. The summed E-state index contributed by atoms with van der Waals surface area (Å²) in [4.78, 5) is 10.5. The van der Waals surface area contributed by atoms with E-state index in [1.807, 2.05) is 25.1 Å². The van der Waals surface area contributed by atoms with Gasteiger partial charge in [0.15, 0.2) is 0 Å². The third-order valence-corrected chi connectivity index (χ3v) is 3.33. The van der Waals surface area contributed by atoms with Crippen molar-refractivity contribution in [1.82, 2.24) is 0 Å². The van der Waals surface area contributed by atoms with Crippen molar-refractivity contribution < 1.29 is 4.92 Å². The van der Waals surface area contributed by atoms with E-state index in [2.05, 4.69) is 5.32 Å². The Kier molecular flexibility index (Phi) is 4.02. The summed E-state index contributed by atoms with van der Waals surface area (Å²) in [5.41, 5.74) is 2.58.